The van der Waals surface area contributed by atoms with Gasteiger partial charge in [-0.1, -0.05) is 53.5 Å². The highest BCUT2D eigenvalue weighted by atomic mass is 35.5. The fourth-order valence-corrected chi connectivity index (χ4v) is 3.86. The van der Waals surface area contributed by atoms with Crippen LogP contribution in [0.1, 0.15) is 25.0 Å². The zero-order valence-electron chi connectivity index (χ0n) is 21.9. The van der Waals surface area contributed by atoms with Gasteiger partial charge in [-0.05, 0) is 67.4 Å². The highest BCUT2D eigenvalue weighted by Gasteiger charge is 2.25. The number of ether oxygens (including phenoxy) is 3. The van der Waals surface area contributed by atoms with Gasteiger partial charge in [-0.15, -0.1) is 0 Å². The van der Waals surface area contributed by atoms with E-state index in [1.54, 1.807) is 50.2 Å². The molecule has 0 spiro atoms. The summed E-state index contributed by atoms with van der Waals surface area (Å²) >= 11 is 12.1. The Morgan fingerprint density at radius 2 is 1.70 bits per heavy atom. The van der Waals surface area contributed by atoms with Crippen LogP contribution in [0.15, 0.2) is 77.9 Å². The number of halogens is 2. The molecular weight excluding hydrogens is 557 g/mol. The van der Waals surface area contributed by atoms with Gasteiger partial charge in [0.15, 0.2) is 12.7 Å². The Labute approximate surface area is 242 Å². The number of nitrogens with zero attached hydrogens (tertiary/aromatic N) is 1. The second-order valence-corrected chi connectivity index (χ2v) is 9.33. The summed E-state index contributed by atoms with van der Waals surface area (Å²) in [7, 11) is 0. The lowest BCUT2D eigenvalue weighted by Gasteiger charge is -2.21. The van der Waals surface area contributed by atoms with Crippen LogP contribution in [0, 0.1) is 0 Å². The summed E-state index contributed by atoms with van der Waals surface area (Å²) in [6.45, 7) is 3.36. The van der Waals surface area contributed by atoms with Crippen molar-refractivity contribution in [2.45, 2.75) is 32.4 Å². The first-order chi connectivity index (χ1) is 19.2. The predicted octanol–water partition coefficient (Wildman–Crippen LogP) is 4.58. The molecule has 3 rings (SSSR count). The molecule has 0 aliphatic heterocycles. The van der Waals surface area contributed by atoms with Crippen LogP contribution in [0.5, 0.6) is 11.5 Å². The first-order valence-electron chi connectivity index (χ1n) is 12.4. The molecule has 0 aliphatic carbocycles. The Bertz CT molecular complexity index is 1320. The third kappa shape index (κ3) is 9.91. The summed E-state index contributed by atoms with van der Waals surface area (Å²) < 4.78 is 15.9. The van der Waals surface area contributed by atoms with E-state index in [4.69, 9.17) is 37.4 Å². The summed E-state index contributed by atoms with van der Waals surface area (Å²) in [5.41, 5.74) is 4.00. The van der Waals surface area contributed by atoms with Crippen molar-refractivity contribution in [1.29, 1.82) is 0 Å². The van der Waals surface area contributed by atoms with Crippen LogP contribution >= 0.6 is 23.2 Å². The van der Waals surface area contributed by atoms with Gasteiger partial charge in [-0.25, -0.2) is 10.2 Å². The number of esters is 1. The number of rotatable bonds is 13. The van der Waals surface area contributed by atoms with Crippen molar-refractivity contribution < 1.29 is 28.6 Å². The Kier molecular flexibility index (Phi) is 11.8. The molecular formula is C29H29Cl2N3O6. The molecule has 0 unspecified atom stereocenters. The van der Waals surface area contributed by atoms with Gasteiger partial charge >= 0.3 is 5.97 Å². The van der Waals surface area contributed by atoms with E-state index in [0.717, 1.165) is 5.56 Å². The molecule has 2 N–H and O–H groups in total. The molecule has 0 bridgehead atoms. The highest BCUT2D eigenvalue weighted by molar-refractivity contribution is 6.35. The fourth-order valence-electron chi connectivity index (χ4n) is 3.41. The first-order valence-corrected chi connectivity index (χ1v) is 13.2. The first kappa shape index (κ1) is 30.5. The number of hydrogen-bond donors (Lipinski definition) is 2. The van der Waals surface area contributed by atoms with Crippen molar-refractivity contribution in [2.75, 3.05) is 13.2 Å². The molecule has 9 nitrogen and oxygen atoms in total. The SMILES string of the molecule is CCOC(=O)COc1ccc(/C=N\NC(=O)[C@H](Cc2ccccc2)NC(=O)[C@@H](C)Oc2ccc(Cl)cc2Cl)cc1. The molecule has 3 aromatic carbocycles. The third-order valence-electron chi connectivity index (χ3n) is 5.41. The number of benzene rings is 3. The standard InChI is InChI=1S/C29H29Cl2N3O6/c1-3-38-27(35)18-39-23-12-9-21(10-13-23)17-32-34-29(37)25(15-20-7-5-4-6-8-20)33-28(36)19(2)40-26-14-11-22(30)16-24(26)31/h4-14,16-17,19,25H,3,15,18H2,1-2H3,(H,33,36)(H,34,37)/b32-17-/t19-,25+/m1/s1. The molecule has 2 atom stereocenters. The number of carbonyl (C=O) groups excluding carboxylic acids is 3. The zero-order chi connectivity index (χ0) is 28.9. The molecule has 40 heavy (non-hydrogen) atoms. The molecule has 2 amide bonds. The maximum Gasteiger partial charge on any atom is 0.344 e. The molecule has 0 aromatic heterocycles. The number of hydrazone groups is 1. The van der Waals surface area contributed by atoms with Gasteiger partial charge in [0.2, 0.25) is 0 Å². The maximum absolute atomic E-state index is 13.0. The lowest BCUT2D eigenvalue weighted by atomic mass is 10.1. The Morgan fingerprint density at radius 1 is 0.975 bits per heavy atom. The van der Waals surface area contributed by atoms with E-state index in [-0.39, 0.29) is 24.7 Å². The summed E-state index contributed by atoms with van der Waals surface area (Å²) in [5, 5.41) is 7.45. The number of carbonyl (C=O) groups is 3. The molecule has 11 heteroatoms. The van der Waals surface area contributed by atoms with E-state index < -0.39 is 29.9 Å². The molecule has 0 aliphatic rings. The van der Waals surface area contributed by atoms with E-state index in [2.05, 4.69) is 15.8 Å². The molecule has 0 saturated carbocycles. The molecule has 3 aromatic rings. The predicted molar refractivity (Wildman–Crippen MR) is 153 cm³/mol. The molecule has 0 radical (unpaired) electrons. The van der Waals surface area contributed by atoms with E-state index in [9.17, 15) is 14.4 Å². The summed E-state index contributed by atoms with van der Waals surface area (Å²) in [4.78, 5) is 37.4. The molecule has 210 valence electrons. The molecule has 0 heterocycles. The van der Waals surface area contributed by atoms with Crippen LogP contribution in [0.3, 0.4) is 0 Å². The van der Waals surface area contributed by atoms with Gasteiger partial charge in [0.1, 0.15) is 17.5 Å². The minimum atomic E-state index is -0.946. The van der Waals surface area contributed by atoms with E-state index in [0.29, 0.717) is 22.1 Å². The van der Waals surface area contributed by atoms with E-state index in [1.165, 1.54) is 12.3 Å². The lowest BCUT2D eigenvalue weighted by Crippen LogP contribution is -2.50. The van der Waals surface area contributed by atoms with Gasteiger partial charge in [-0.3, -0.25) is 9.59 Å². The molecule has 0 saturated heterocycles. The topological polar surface area (TPSA) is 115 Å². The van der Waals surface area contributed by atoms with E-state index >= 15 is 0 Å². The second kappa shape index (κ2) is 15.5. The van der Waals surface area contributed by atoms with Crippen molar-refractivity contribution in [2.24, 2.45) is 5.10 Å². The average molecular weight is 586 g/mol. The van der Waals surface area contributed by atoms with Gasteiger partial charge in [0, 0.05) is 11.4 Å². The Balaban J connectivity index is 1.61. The molecule has 0 fully saturated rings. The summed E-state index contributed by atoms with van der Waals surface area (Å²) in [6, 6.07) is 19.7. The van der Waals surface area contributed by atoms with Crippen molar-refractivity contribution in [3.8, 4) is 11.5 Å². The van der Waals surface area contributed by atoms with Gasteiger partial charge < -0.3 is 19.5 Å². The van der Waals surface area contributed by atoms with Gasteiger partial charge in [-0.2, -0.15) is 5.10 Å². The Hall–Kier alpha value is -4.08. The van der Waals surface area contributed by atoms with E-state index in [1.807, 2.05) is 30.3 Å². The van der Waals surface area contributed by atoms with Gasteiger partial charge in [0.25, 0.3) is 11.8 Å². The van der Waals surface area contributed by atoms with Crippen LogP contribution in [0.4, 0.5) is 0 Å². The number of amides is 2. The maximum atomic E-state index is 13.0. The monoisotopic (exact) mass is 585 g/mol. The second-order valence-electron chi connectivity index (χ2n) is 8.48. The van der Waals surface area contributed by atoms with Crippen LogP contribution in [-0.4, -0.2) is 49.4 Å². The van der Waals surface area contributed by atoms with Crippen LogP contribution in [0.2, 0.25) is 10.0 Å². The average Bonchev–Trinajstić information content (AvgIpc) is 2.94. The zero-order valence-corrected chi connectivity index (χ0v) is 23.4. The summed E-state index contributed by atoms with van der Waals surface area (Å²) in [5.74, 6) is -0.706. The summed E-state index contributed by atoms with van der Waals surface area (Å²) in [6.07, 6.45) is 0.732. The van der Waals surface area contributed by atoms with Crippen molar-refractivity contribution >= 4 is 47.2 Å². The van der Waals surface area contributed by atoms with Crippen molar-refractivity contribution in [3.05, 3.63) is 94.0 Å². The van der Waals surface area contributed by atoms with Crippen LogP contribution in [-0.2, 0) is 25.5 Å². The minimum Gasteiger partial charge on any atom is -0.482 e. The van der Waals surface area contributed by atoms with Crippen LogP contribution in [0.25, 0.3) is 0 Å². The smallest absolute Gasteiger partial charge is 0.344 e. The van der Waals surface area contributed by atoms with Gasteiger partial charge in [0.05, 0.1) is 17.8 Å². The van der Waals surface area contributed by atoms with Crippen molar-refractivity contribution in [1.82, 2.24) is 10.7 Å². The highest BCUT2D eigenvalue weighted by Crippen LogP contribution is 2.28. The van der Waals surface area contributed by atoms with Crippen LogP contribution < -0.4 is 20.2 Å². The largest absolute Gasteiger partial charge is 0.482 e. The third-order valence-corrected chi connectivity index (χ3v) is 5.94. The van der Waals surface area contributed by atoms with Crippen molar-refractivity contribution in [3.63, 3.8) is 0 Å². The fraction of sp³-hybridized carbons (Fsp3) is 0.241. The number of hydrogen-bond acceptors (Lipinski definition) is 7. The quantitative estimate of drug-likeness (QED) is 0.172. The Morgan fingerprint density at radius 3 is 2.38 bits per heavy atom. The number of nitrogens with one attached hydrogen (secondary N) is 2. The lowest BCUT2D eigenvalue weighted by molar-refractivity contribution is -0.145. The normalized spacial score (nSPS) is 12.3. The minimum absolute atomic E-state index is 0.192.